The number of ether oxygens (including phenoxy) is 1. The number of hydrogen-bond acceptors (Lipinski definition) is 3. The topological polar surface area (TPSA) is 15.7 Å². The number of piperidine rings is 1. The summed E-state index contributed by atoms with van der Waals surface area (Å²) in [5.41, 5.74) is 3.29. The van der Waals surface area contributed by atoms with Gasteiger partial charge in [-0.15, -0.1) is 0 Å². The fourth-order valence-electron chi connectivity index (χ4n) is 5.04. The number of rotatable bonds is 4. The van der Waals surface area contributed by atoms with Crippen molar-refractivity contribution >= 4 is 0 Å². The van der Waals surface area contributed by atoms with Crippen LogP contribution in [0.3, 0.4) is 0 Å². The van der Waals surface area contributed by atoms with E-state index in [0.717, 1.165) is 24.9 Å². The first-order chi connectivity index (χ1) is 12.6. The Kier molecular flexibility index (Phi) is 5.56. The van der Waals surface area contributed by atoms with E-state index in [9.17, 15) is 0 Å². The molecule has 0 radical (unpaired) electrons. The van der Waals surface area contributed by atoms with Crippen LogP contribution in [0.15, 0.2) is 18.2 Å². The molecule has 1 aromatic carbocycles. The molecule has 1 aliphatic carbocycles. The Morgan fingerprint density at radius 3 is 2.58 bits per heavy atom. The second-order valence-corrected chi connectivity index (χ2v) is 9.35. The maximum Gasteiger partial charge on any atom is 0.119 e. The van der Waals surface area contributed by atoms with E-state index in [-0.39, 0.29) is 0 Å². The maximum atomic E-state index is 6.29. The molecule has 26 heavy (non-hydrogen) atoms. The minimum absolute atomic E-state index is 0.331. The predicted molar refractivity (Wildman–Crippen MR) is 108 cm³/mol. The number of fused-ring (bicyclic) bond motifs is 1. The molecule has 0 atom stereocenters. The molecule has 0 aromatic heterocycles. The molecule has 1 aromatic rings. The summed E-state index contributed by atoms with van der Waals surface area (Å²) in [7, 11) is 2.21. The zero-order valence-electron chi connectivity index (χ0n) is 16.8. The molecule has 0 spiro atoms. The van der Waals surface area contributed by atoms with Crippen LogP contribution in [0, 0.1) is 5.41 Å². The second kappa shape index (κ2) is 7.90. The van der Waals surface area contributed by atoms with Gasteiger partial charge in [-0.2, -0.15) is 0 Å². The fourth-order valence-corrected chi connectivity index (χ4v) is 5.04. The van der Waals surface area contributed by atoms with Gasteiger partial charge >= 0.3 is 0 Å². The van der Waals surface area contributed by atoms with Crippen LogP contribution in [0.2, 0.25) is 0 Å². The van der Waals surface area contributed by atoms with E-state index in [1.807, 2.05) is 0 Å². The van der Waals surface area contributed by atoms with Crippen molar-refractivity contribution in [3.63, 3.8) is 0 Å². The van der Waals surface area contributed by atoms with Crippen molar-refractivity contribution in [3.8, 4) is 5.75 Å². The molecular formula is C23H36N2O. The molecule has 2 heterocycles. The van der Waals surface area contributed by atoms with Gasteiger partial charge in [-0.05, 0) is 75.5 Å². The Morgan fingerprint density at radius 1 is 1.04 bits per heavy atom. The first-order valence-corrected chi connectivity index (χ1v) is 10.8. The number of likely N-dealkylation sites (tertiary alicyclic amines) is 1. The molecule has 2 fully saturated rings. The fraction of sp³-hybridized carbons (Fsp3) is 0.739. The van der Waals surface area contributed by atoms with E-state index in [4.69, 9.17) is 4.74 Å². The summed E-state index contributed by atoms with van der Waals surface area (Å²) in [6.07, 6.45) is 10.9. The lowest BCUT2D eigenvalue weighted by atomic mass is 9.80. The molecule has 1 saturated heterocycles. The van der Waals surface area contributed by atoms with E-state index < -0.39 is 0 Å². The van der Waals surface area contributed by atoms with E-state index in [1.165, 1.54) is 82.1 Å². The first kappa shape index (κ1) is 18.3. The average molecular weight is 357 g/mol. The van der Waals surface area contributed by atoms with Crippen LogP contribution in [-0.2, 0) is 13.0 Å². The Balaban J connectivity index is 1.30. The number of benzene rings is 1. The Hall–Kier alpha value is -1.06. The van der Waals surface area contributed by atoms with Crippen molar-refractivity contribution in [2.45, 2.75) is 70.9 Å². The molecule has 3 aliphatic rings. The van der Waals surface area contributed by atoms with Gasteiger partial charge in [0.25, 0.3) is 0 Å². The minimum atomic E-state index is 0.331. The molecule has 0 bridgehead atoms. The quantitative estimate of drug-likeness (QED) is 0.791. The Labute approximate surface area is 159 Å². The summed E-state index contributed by atoms with van der Waals surface area (Å²) in [4.78, 5) is 5.17. The van der Waals surface area contributed by atoms with Gasteiger partial charge in [0.1, 0.15) is 5.75 Å². The second-order valence-electron chi connectivity index (χ2n) is 9.35. The molecule has 3 heteroatoms. The standard InChI is InChI=1S/C23H36N2O/c1-23(11-14-25(15-12-23)21-6-4-3-5-7-21)18-26-22-9-8-19-10-13-24(2)17-20(19)16-22/h8-9,16,21H,3-7,10-15,17-18H2,1-2H3. The highest BCUT2D eigenvalue weighted by Gasteiger charge is 2.33. The van der Waals surface area contributed by atoms with Gasteiger partial charge in [0.05, 0.1) is 6.61 Å². The highest BCUT2D eigenvalue weighted by molar-refractivity contribution is 5.37. The summed E-state index contributed by atoms with van der Waals surface area (Å²) in [5, 5.41) is 0. The summed E-state index contributed by atoms with van der Waals surface area (Å²) >= 11 is 0. The van der Waals surface area contributed by atoms with E-state index in [2.05, 4.69) is 42.0 Å². The van der Waals surface area contributed by atoms with Gasteiger partial charge in [-0.1, -0.05) is 32.3 Å². The number of likely N-dealkylation sites (N-methyl/N-ethyl adjacent to an activating group) is 1. The molecule has 144 valence electrons. The Morgan fingerprint density at radius 2 is 1.81 bits per heavy atom. The van der Waals surface area contributed by atoms with Gasteiger partial charge < -0.3 is 14.5 Å². The summed E-state index contributed by atoms with van der Waals surface area (Å²) in [6, 6.07) is 7.62. The van der Waals surface area contributed by atoms with Crippen molar-refractivity contribution in [2.24, 2.45) is 5.41 Å². The summed E-state index contributed by atoms with van der Waals surface area (Å²) in [5.74, 6) is 1.06. The molecule has 1 saturated carbocycles. The molecule has 4 rings (SSSR count). The molecule has 3 nitrogen and oxygen atoms in total. The minimum Gasteiger partial charge on any atom is -0.493 e. The lowest BCUT2D eigenvalue weighted by molar-refractivity contribution is 0.0384. The third-order valence-corrected chi connectivity index (χ3v) is 7.06. The zero-order chi connectivity index (χ0) is 18.0. The predicted octanol–water partition coefficient (Wildman–Crippen LogP) is 4.49. The van der Waals surface area contributed by atoms with Gasteiger partial charge in [-0.3, -0.25) is 0 Å². The lowest BCUT2D eigenvalue weighted by Gasteiger charge is -2.43. The largest absolute Gasteiger partial charge is 0.493 e. The number of nitrogens with zero attached hydrogens (tertiary/aromatic N) is 2. The van der Waals surface area contributed by atoms with Crippen LogP contribution in [0.4, 0.5) is 0 Å². The normalized spacial score (nSPS) is 25.0. The highest BCUT2D eigenvalue weighted by Crippen LogP contribution is 2.35. The lowest BCUT2D eigenvalue weighted by Crippen LogP contribution is -2.46. The molecular weight excluding hydrogens is 320 g/mol. The smallest absolute Gasteiger partial charge is 0.119 e. The summed E-state index contributed by atoms with van der Waals surface area (Å²) < 4.78 is 6.29. The van der Waals surface area contributed by atoms with Gasteiger partial charge in [0, 0.05) is 24.5 Å². The van der Waals surface area contributed by atoms with Crippen LogP contribution in [0.1, 0.15) is 63.0 Å². The zero-order valence-corrected chi connectivity index (χ0v) is 16.8. The third-order valence-electron chi connectivity index (χ3n) is 7.06. The van der Waals surface area contributed by atoms with Crippen molar-refractivity contribution in [3.05, 3.63) is 29.3 Å². The SMILES string of the molecule is CN1CCc2ccc(OCC3(C)CCN(C4CCCCC4)CC3)cc2C1. The van der Waals surface area contributed by atoms with Crippen LogP contribution >= 0.6 is 0 Å². The van der Waals surface area contributed by atoms with Crippen LogP contribution in [0.25, 0.3) is 0 Å². The van der Waals surface area contributed by atoms with Crippen molar-refractivity contribution in [2.75, 3.05) is 33.3 Å². The monoisotopic (exact) mass is 356 g/mol. The van der Waals surface area contributed by atoms with Crippen LogP contribution in [0.5, 0.6) is 5.75 Å². The van der Waals surface area contributed by atoms with Crippen molar-refractivity contribution in [1.82, 2.24) is 9.80 Å². The number of hydrogen-bond donors (Lipinski definition) is 0. The van der Waals surface area contributed by atoms with Gasteiger partial charge in [0.15, 0.2) is 0 Å². The van der Waals surface area contributed by atoms with E-state index >= 15 is 0 Å². The Bertz CT molecular complexity index is 600. The van der Waals surface area contributed by atoms with E-state index in [0.29, 0.717) is 5.41 Å². The van der Waals surface area contributed by atoms with Crippen molar-refractivity contribution in [1.29, 1.82) is 0 Å². The maximum absolute atomic E-state index is 6.29. The first-order valence-electron chi connectivity index (χ1n) is 10.8. The van der Waals surface area contributed by atoms with Crippen molar-refractivity contribution < 1.29 is 4.74 Å². The molecule has 0 amide bonds. The van der Waals surface area contributed by atoms with Crippen LogP contribution < -0.4 is 4.74 Å². The van der Waals surface area contributed by atoms with Crippen LogP contribution in [-0.4, -0.2) is 49.1 Å². The average Bonchev–Trinajstić information content (AvgIpc) is 2.67. The van der Waals surface area contributed by atoms with Gasteiger partial charge in [-0.25, -0.2) is 0 Å². The van der Waals surface area contributed by atoms with E-state index in [1.54, 1.807) is 0 Å². The molecule has 0 unspecified atom stereocenters. The van der Waals surface area contributed by atoms with Gasteiger partial charge in [0.2, 0.25) is 0 Å². The highest BCUT2D eigenvalue weighted by atomic mass is 16.5. The summed E-state index contributed by atoms with van der Waals surface area (Å²) in [6.45, 7) is 8.04. The third kappa shape index (κ3) is 4.26. The molecule has 0 N–H and O–H groups in total. The molecule has 2 aliphatic heterocycles.